The minimum absolute atomic E-state index is 0. The summed E-state index contributed by atoms with van der Waals surface area (Å²) >= 11 is 0. The number of aliphatic hydroxyl groups is 1. The van der Waals surface area contributed by atoms with E-state index in [9.17, 15) is 39.6 Å². The van der Waals surface area contributed by atoms with Gasteiger partial charge in [-0.25, -0.2) is 0 Å². The summed E-state index contributed by atoms with van der Waals surface area (Å²) in [4.78, 5) is 40.1. The van der Waals surface area contributed by atoms with Gasteiger partial charge in [0, 0.05) is 48.6 Å². The van der Waals surface area contributed by atoms with Gasteiger partial charge < -0.3 is 66.8 Å². The third-order valence-corrected chi connectivity index (χ3v) is 5.91. The molecule has 2 aliphatic carbocycles. The van der Waals surface area contributed by atoms with Crippen LogP contribution in [0.4, 0.5) is 0 Å². The number of carboxylic acid groups (broad SMARTS) is 4. The van der Waals surface area contributed by atoms with Crippen LogP contribution < -0.4 is 42.5 Å². The van der Waals surface area contributed by atoms with Gasteiger partial charge >= 0.3 is 42.1 Å². The van der Waals surface area contributed by atoms with E-state index in [1.165, 1.54) is 0 Å². The molecule has 0 saturated heterocycles. The number of aliphatic hydroxyl groups excluding tert-OH is 1. The second-order valence-corrected chi connectivity index (χ2v) is 8.94. The van der Waals surface area contributed by atoms with E-state index in [0.717, 1.165) is 51.4 Å². The number of nitrogens with two attached hydrogens (primary N) is 2. The van der Waals surface area contributed by atoms with E-state index in [1.807, 2.05) is 0 Å². The minimum atomic E-state index is -1.96. The SMILES string of the molecule is CC(N[C@@H]1CCCC[C@H]1N)C(=O)[O-].CC(N[C@@H]1CCCC[C@H]1N)C(=O)[O-].O=C([O-])C[C@H](O)C(=O)[O-].[Pt+2].[Pt+2]. The van der Waals surface area contributed by atoms with Crippen LogP contribution in [0.2, 0.25) is 0 Å². The molecule has 7 N–H and O–H groups in total. The van der Waals surface area contributed by atoms with Crippen molar-refractivity contribution in [3.8, 4) is 0 Å². The summed E-state index contributed by atoms with van der Waals surface area (Å²) in [6.07, 6.45) is 5.58. The van der Waals surface area contributed by atoms with Crippen LogP contribution in [0.15, 0.2) is 0 Å². The summed E-state index contributed by atoms with van der Waals surface area (Å²) in [5, 5.41) is 54.2. The molecule has 15 heteroatoms. The van der Waals surface area contributed by atoms with Crippen LogP contribution in [0.5, 0.6) is 0 Å². The zero-order valence-electron chi connectivity index (χ0n) is 20.9. The zero-order chi connectivity index (χ0) is 27.1. The molecule has 2 rings (SSSR count). The quantitative estimate of drug-likeness (QED) is 0.145. The number of aliphatic carboxylic acids is 4. The summed E-state index contributed by atoms with van der Waals surface area (Å²) in [5.41, 5.74) is 11.7. The first kappa shape index (κ1) is 40.6. The predicted octanol–water partition coefficient (Wildman–Crippen LogP) is -5.80. The summed E-state index contributed by atoms with van der Waals surface area (Å²) in [5.74, 6) is -5.54. The Labute approximate surface area is 246 Å². The number of hydrogen-bond donors (Lipinski definition) is 5. The van der Waals surface area contributed by atoms with Gasteiger partial charge in [0.25, 0.3) is 0 Å². The molecule has 0 aromatic heterocycles. The van der Waals surface area contributed by atoms with Crippen molar-refractivity contribution in [1.82, 2.24) is 10.6 Å². The van der Waals surface area contributed by atoms with Crippen molar-refractivity contribution in [2.24, 2.45) is 11.5 Å². The van der Waals surface area contributed by atoms with E-state index in [2.05, 4.69) is 10.6 Å². The van der Waals surface area contributed by atoms with Crippen LogP contribution in [-0.4, -0.2) is 71.3 Å². The molecule has 0 heterocycles. The first-order valence-corrected chi connectivity index (χ1v) is 11.8. The molecule has 13 nitrogen and oxygen atoms in total. The third-order valence-electron chi connectivity index (χ3n) is 5.91. The Kier molecular flexibility index (Phi) is 24.0. The van der Waals surface area contributed by atoms with Gasteiger partial charge in [0.1, 0.15) is 0 Å². The monoisotopic (exact) mass is 892 g/mol. The Balaban J connectivity index is -0.000000465. The number of nitrogens with one attached hydrogen (secondary N) is 2. The van der Waals surface area contributed by atoms with Crippen molar-refractivity contribution < 1.29 is 86.8 Å². The van der Waals surface area contributed by atoms with Crippen LogP contribution >= 0.6 is 0 Å². The van der Waals surface area contributed by atoms with Crippen molar-refractivity contribution in [3.05, 3.63) is 0 Å². The van der Waals surface area contributed by atoms with E-state index in [1.54, 1.807) is 13.8 Å². The Morgan fingerprint density at radius 2 is 1.05 bits per heavy atom. The zero-order valence-corrected chi connectivity index (χ0v) is 25.5. The van der Waals surface area contributed by atoms with Crippen molar-refractivity contribution in [2.75, 3.05) is 0 Å². The normalized spacial score (nSPS) is 25.0. The number of carboxylic acids is 4. The smallest absolute Gasteiger partial charge is 0.550 e. The van der Waals surface area contributed by atoms with Gasteiger partial charge in [-0.3, -0.25) is 0 Å². The summed E-state index contributed by atoms with van der Waals surface area (Å²) in [6, 6.07) is -0.738. The molecule has 2 fully saturated rings. The van der Waals surface area contributed by atoms with Gasteiger partial charge in [0.15, 0.2) is 0 Å². The fraction of sp³-hybridized carbons (Fsp3) is 0.818. The molecule has 0 amide bonds. The topological polar surface area (TPSA) is 257 Å². The molecule has 2 unspecified atom stereocenters. The fourth-order valence-corrected chi connectivity index (χ4v) is 3.75. The van der Waals surface area contributed by atoms with Crippen molar-refractivity contribution in [2.45, 2.75) is 114 Å². The van der Waals surface area contributed by atoms with Gasteiger partial charge in [0.2, 0.25) is 0 Å². The third kappa shape index (κ3) is 18.9. The molecule has 7 atom stereocenters. The van der Waals surface area contributed by atoms with Crippen LogP contribution in [-0.2, 0) is 61.3 Å². The van der Waals surface area contributed by atoms with Crippen LogP contribution in [0, 0.1) is 0 Å². The van der Waals surface area contributed by atoms with Gasteiger partial charge in [-0.15, -0.1) is 0 Å². The van der Waals surface area contributed by atoms with Crippen LogP contribution in [0.1, 0.15) is 71.6 Å². The van der Waals surface area contributed by atoms with E-state index in [4.69, 9.17) is 16.6 Å². The maximum absolute atomic E-state index is 10.5. The molecule has 0 bridgehead atoms. The maximum Gasteiger partial charge on any atom is 2.00 e. The van der Waals surface area contributed by atoms with Crippen LogP contribution in [0.3, 0.4) is 0 Å². The fourth-order valence-electron chi connectivity index (χ4n) is 3.75. The van der Waals surface area contributed by atoms with E-state index in [-0.39, 0.29) is 66.3 Å². The number of hydrogen-bond acceptors (Lipinski definition) is 13. The molecule has 0 radical (unpaired) electrons. The first-order valence-electron chi connectivity index (χ1n) is 11.8. The van der Waals surface area contributed by atoms with E-state index >= 15 is 0 Å². The molecule has 2 aliphatic rings. The van der Waals surface area contributed by atoms with Crippen molar-refractivity contribution in [3.63, 3.8) is 0 Å². The van der Waals surface area contributed by atoms with E-state index < -0.39 is 48.5 Å². The van der Waals surface area contributed by atoms with Crippen molar-refractivity contribution in [1.29, 1.82) is 0 Å². The molecule has 0 aliphatic heterocycles. The molecule has 37 heavy (non-hydrogen) atoms. The maximum atomic E-state index is 10.5. The van der Waals surface area contributed by atoms with Gasteiger partial charge in [-0.2, -0.15) is 0 Å². The second kappa shape index (κ2) is 21.9. The Morgan fingerprint density at radius 3 is 1.27 bits per heavy atom. The molecular weight excluding hydrogens is 854 g/mol. The summed E-state index contributed by atoms with van der Waals surface area (Å²) < 4.78 is 0. The largest absolute Gasteiger partial charge is 2.00 e. The number of rotatable bonds is 9. The number of carbonyl (C=O) groups excluding carboxylic acids is 4. The second-order valence-electron chi connectivity index (χ2n) is 8.94. The standard InChI is InChI=1S/2C9H18N2O2.C4H6O5.2Pt/c2*1-6(9(12)13)11-8-5-3-2-4-7(8)10;5-2(4(8)9)1-3(6)7;;/h2*6-8,11H,2-5,10H2,1H3,(H,12,13);2,5H,1H2,(H,6,7)(H,8,9);;/q;;;2*+2/p-4/t2*6?,7-,8-;2-;;/m110../s1. The molecule has 0 spiro atoms. The molecule has 2 saturated carbocycles. The Hall–Kier alpha value is -0.943. The molecule has 220 valence electrons. The van der Waals surface area contributed by atoms with Crippen molar-refractivity contribution >= 4 is 23.9 Å². The summed E-state index contributed by atoms with van der Waals surface area (Å²) in [6.45, 7) is 3.19. The number of carbonyl (C=O) groups is 4. The van der Waals surface area contributed by atoms with Gasteiger partial charge in [-0.1, -0.05) is 25.7 Å². The van der Waals surface area contributed by atoms with Gasteiger partial charge in [0.05, 0.1) is 24.0 Å². The molecular formula is C22H38N4O9Pt2. The van der Waals surface area contributed by atoms with Crippen LogP contribution in [0.25, 0.3) is 0 Å². The first-order chi connectivity index (χ1) is 16.3. The Bertz CT molecular complexity index is 651. The minimum Gasteiger partial charge on any atom is -0.550 e. The Morgan fingerprint density at radius 1 is 0.730 bits per heavy atom. The predicted molar refractivity (Wildman–Crippen MR) is 116 cm³/mol. The average Bonchev–Trinajstić information content (AvgIpc) is 2.77. The molecule has 0 aromatic carbocycles. The summed E-state index contributed by atoms with van der Waals surface area (Å²) in [7, 11) is 0. The van der Waals surface area contributed by atoms with Gasteiger partial charge in [-0.05, 0) is 39.5 Å². The average molecular weight is 893 g/mol. The molecule has 0 aromatic rings. The van der Waals surface area contributed by atoms with E-state index in [0.29, 0.717) is 0 Å².